The molecule has 0 fully saturated rings. The number of ether oxygens (including phenoxy) is 2. The Hall–Kier alpha value is -2.27. The first-order chi connectivity index (χ1) is 10.3. The molecule has 3 rings (SSSR count). The Labute approximate surface area is 123 Å². The number of nitrogens with zero attached hydrogens (tertiary/aromatic N) is 2. The highest BCUT2D eigenvalue weighted by Gasteiger charge is 2.25. The number of pyridine rings is 1. The zero-order chi connectivity index (χ0) is 14.7. The van der Waals surface area contributed by atoms with Gasteiger partial charge in [-0.3, -0.25) is 4.98 Å². The van der Waals surface area contributed by atoms with Crippen molar-refractivity contribution in [1.82, 2.24) is 4.98 Å². The van der Waals surface area contributed by atoms with Crippen LogP contribution < -0.4 is 14.4 Å². The van der Waals surface area contributed by atoms with Gasteiger partial charge in [-0.2, -0.15) is 0 Å². The number of aromatic nitrogens is 1. The van der Waals surface area contributed by atoms with E-state index in [1.807, 2.05) is 30.3 Å². The SMILES string of the molecule is COc1ccc(CN2CC(CO)Oc3cnccc32)cc1. The molecule has 2 aromatic rings. The molecule has 0 amide bonds. The van der Waals surface area contributed by atoms with Crippen LogP contribution in [0.2, 0.25) is 0 Å². The number of aliphatic hydroxyl groups excluding tert-OH is 1. The summed E-state index contributed by atoms with van der Waals surface area (Å²) in [5.41, 5.74) is 2.18. The van der Waals surface area contributed by atoms with E-state index in [-0.39, 0.29) is 12.7 Å². The minimum absolute atomic E-state index is 0.00650. The topological polar surface area (TPSA) is 54.8 Å². The van der Waals surface area contributed by atoms with Gasteiger partial charge in [-0.15, -0.1) is 0 Å². The molecule has 1 aromatic carbocycles. The molecule has 2 heterocycles. The summed E-state index contributed by atoms with van der Waals surface area (Å²) in [6, 6.07) is 9.93. The molecular formula is C16H18N2O3. The quantitative estimate of drug-likeness (QED) is 0.929. The predicted molar refractivity (Wildman–Crippen MR) is 79.8 cm³/mol. The van der Waals surface area contributed by atoms with Crippen LogP contribution in [0.4, 0.5) is 5.69 Å². The van der Waals surface area contributed by atoms with Gasteiger partial charge in [0.05, 0.1) is 32.1 Å². The number of anilines is 1. The lowest BCUT2D eigenvalue weighted by atomic mass is 10.1. The van der Waals surface area contributed by atoms with Gasteiger partial charge in [0.2, 0.25) is 0 Å². The van der Waals surface area contributed by atoms with Gasteiger partial charge in [-0.1, -0.05) is 12.1 Å². The summed E-state index contributed by atoms with van der Waals surface area (Å²) in [5.74, 6) is 1.56. The van der Waals surface area contributed by atoms with E-state index < -0.39 is 0 Å². The van der Waals surface area contributed by atoms with Gasteiger partial charge < -0.3 is 19.5 Å². The van der Waals surface area contributed by atoms with E-state index in [4.69, 9.17) is 9.47 Å². The summed E-state index contributed by atoms with van der Waals surface area (Å²) in [6.45, 7) is 1.40. The maximum atomic E-state index is 9.38. The molecule has 5 heteroatoms. The highest BCUT2D eigenvalue weighted by molar-refractivity contribution is 5.59. The average Bonchev–Trinajstić information content (AvgIpc) is 2.55. The van der Waals surface area contributed by atoms with Crippen LogP contribution in [0, 0.1) is 0 Å². The molecule has 1 aromatic heterocycles. The van der Waals surface area contributed by atoms with Gasteiger partial charge in [0.25, 0.3) is 0 Å². The maximum Gasteiger partial charge on any atom is 0.161 e. The number of aliphatic hydroxyl groups is 1. The first kappa shape index (κ1) is 13.7. The first-order valence-corrected chi connectivity index (χ1v) is 6.89. The lowest BCUT2D eigenvalue weighted by Gasteiger charge is -2.35. The molecule has 0 bridgehead atoms. The van der Waals surface area contributed by atoms with Gasteiger partial charge in [0.15, 0.2) is 5.75 Å². The minimum atomic E-state index is -0.222. The third-order valence-electron chi connectivity index (χ3n) is 3.56. The Kier molecular flexibility index (Phi) is 3.92. The van der Waals surface area contributed by atoms with Crippen molar-refractivity contribution in [3.63, 3.8) is 0 Å². The fourth-order valence-corrected chi connectivity index (χ4v) is 2.48. The summed E-state index contributed by atoms with van der Waals surface area (Å²) in [6.07, 6.45) is 3.22. The molecule has 0 radical (unpaired) electrons. The Bertz CT molecular complexity index is 601. The molecule has 110 valence electrons. The second-order valence-corrected chi connectivity index (χ2v) is 4.99. The van der Waals surface area contributed by atoms with Crippen molar-refractivity contribution in [2.75, 3.05) is 25.2 Å². The smallest absolute Gasteiger partial charge is 0.161 e. The lowest BCUT2D eigenvalue weighted by Crippen LogP contribution is -2.41. The van der Waals surface area contributed by atoms with Gasteiger partial charge >= 0.3 is 0 Å². The van der Waals surface area contributed by atoms with E-state index in [9.17, 15) is 5.11 Å². The van der Waals surface area contributed by atoms with Crippen molar-refractivity contribution in [3.05, 3.63) is 48.3 Å². The Morgan fingerprint density at radius 1 is 1.33 bits per heavy atom. The van der Waals surface area contributed by atoms with Gasteiger partial charge in [-0.05, 0) is 23.8 Å². The number of fused-ring (bicyclic) bond motifs is 1. The Balaban J connectivity index is 1.83. The number of hydrogen-bond acceptors (Lipinski definition) is 5. The average molecular weight is 286 g/mol. The zero-order valence-electron chi connectivity index (χ0n) is 11.9. The van der Waals surface area contributed by atoms with E-state index in [1.54, 1.807) is 19.5 Å². The van der Waals surface area contributed by atoms with E-state index in [1.165, 1.54) is 5.56 Å². The van der Waals surface area contributed by atoms with Crippen LogP contribution in [0.3, 0.4) is 0 Å². The summed E-state index contributed by atoms with van der Waals surface area (Å²) in [7, 11) is 1.66. The van der Waals surface area contributed by atoms with Gasteiger partial charge in [0, 0.05) is 12.7 Å². The van der Waals surface area contributed by atoms with Crippen LogP contribution in [0.25, 0.3) is 0 Å². The van der Waals surface area contributed by atoms with E-state index in [0.29, 0.717) is 6.54 Å². The van der Waals surface area contributed by atoms with Crippen LogP contribution in [0.15, 0.2) is 42.7 Å². The Morgan fingerprint density at radius 3 is 2.86 bits per heavy atom. The number of benzene rings is 1. The fourth-order valence-electron chi connectivity index (χ4n) is 2.48. The minimum Gasteiger partial charge on any atom is -0.497 e. The van der Waals surface area contributed by atoms with E-state index in [2.05, 4.69) is 9.88 Å². The lowest BCUT2D eigenvalue weighted by molar-refractivity contribution is 0.111. The molecule has 0 spiro atoms. The van der Waals surface area contributed by atoms with Crippen molar-refractivity contribution >= 4 is 5.69 Å². The number of rotatable bonds is 4. The third kappa shape index (κ3) is 2.92. The number of methoxy groups -OCH3 is 1. The molecule has 5 nitrogen and oxygen atoms in total. The second kappa shape index (κ2) is 6.01. The van der Waals surface area contributed by atoms with Gasteiger partial charge in [0.1, 0.15) is 11.9 Å². The summed E-state index contributed by atoms with van der Waals surface area (Å²) in [4.78, 5) is 6.28. The molecule has 1 aliphatic rings. The van der Waals surface area contributed by atoms with Crippen LogP contribution >= 0.6 is 0 Å². The highest BCUT2D eigenvalue weighted by Crippen LogP contribution is 2.33. The monoisotopic (exact) mass is 286 g/mol. The van der Waals surface area contributed by atoms with Crippen LogP contribution in [-0.2, 0) is 6.54 Å². The van der Waals surface area contributed by atoms with E-state index >= 15 is 0 Å². The molecule has 1 N–H and O–H groups in total. The van der Waals surface area contributed by atoms with Gasteiger partial charge in [-0.25, -0.2) is 0 Å². The second-order valence-electron chi connectivity index (χ2n) is 4.99. The van der Waals surface area contributed by atoms with Crippen molar-refractivity contribution in [2.24, 2.45) is 0 Å². The van der Waals surface area contributed by atoms with Crippen LogP contribution in [-0.4, -0.2) is 36.5 Å². The highest BCUT2D eigenvalue weighted by atomic mass is 16.5. The first-order valence-electron chi connectivity index (χ1n) is 6.89. The molecule has 0 saturated carbocycles. The van der Waals surface area contributed by atoms with Crippen LogP contribution in [0.1, 0.15) is 5.56 Å². The number of hydrogen-bond donors (Lipinski definition) is 1. The van der Waals surface area contributed by atoms with Crippen LogP contribution in [0.5, 0.6) is 11.5 Å². The van der Waals surface area contributed by atoms with E-state index in [0.717, 1.165) is 23.7 Å². The molecule has 21 heavy (non-hydrogen) atoms. The van der Waals surface area contributed by atoms with Crippen molar-refractivity contribution in [2.45, 2.75) is 12.6 Å². The standard InChI is InChI=1S/C16H18N2O3/c1-20-13-4-2-12(3-5-13)9-18-10-14(11-19)21-16-8-17-7-6-15(16)18/h2-8,14,19H,9-11H2,1H3. The molecular weight excluding hydrogens is 268 g/mol. The fraction of sp³-hybridized carbons (Fsp3) is 0.312. The maximum absolute atomic E-state index is 9.38. The molecule has 1 unspecified atom stereocenters. The summed E-state index contributed by atoms with van der Waals surface area (Å²) >= 11 is 0. The molecule has 0 aliphatic carbocycles. The molecule has 0 saturated heterocycles. The largest absolute Gasteiger partial charge is 0.497 e. The van der Waals surface area contributed by atoms with Crippen molar-refractivity contribution in [1.29, 1.82) is 0 Å². The summed E-state index contributed by atoms with van der Waals surface area (Å²) < 4.78 is 10.9. The normalized spacial score (nSPS) is 17.0. The summed E-state index contributed by atoms with van der Waals surface area (Å²) in [5, 5.41) is 9.38. The zero-order valence-corrected chi connectivity index (χ0v) is 11.9. The van der Waals surface area contributed by atoms with Crippen molar-refractivity contribution in [3.8, 4) is 11.5 Å². The van der Waals surface area contributed by atoms with Crippen molar-refractivity contribution < 1.29 is 14.6 Å². The Morgan fingerprint density at radius 2 is 2.14 bits per heavy atom. The molecule has 1 atom stereocenters. The third-order valence-corrected chi connectivity index (χ3v) is 3.56. The molecule has 1 aliphatic heterocycles. The predicted octanol–water partition coefficient (Wildman–Crippen LogP) is 1.85.